The molecule has 0 bridgehead atoms. The van der Waals surface area contributed by atoms with Crippen LogP contribution in [0.2, 0.25) is 0 Å². The third-order valence-corrected chi connectivity index (χ3v) is 5.38. The van der Waals surface area contributed by atoms with E-state index in [0.717, 1.165) is 0 Å². The summed E-state index contributed by atoms with van der Waals surface area (Å²) in [5.74, 6) is -0.884. The largest absolute Gasteiger partial charge is 0.368 e. The Hall–Kier alpha value is -3.00. The number of anilines is 1. The number of hydrogen-bond donors (Lipinski definition) is 2. The lowest BCUT2D eigenvalue weighted by Gasteiger charge is -2.21. The Balaban J connectivity index is 1.70. The highest BCUT2D eigenvalue weighted by Crippen LogP contribution is 2.28. The molecule has 1 aromatic heterocycles. The number of carbonyl (C=O) groups is 2. The second-order valence-corrected chi connectivity index (χ2v) is 7.71. The zero-order valence-corrected chi connectivity index (χ0v) is 16.5. The minimum atomic E-state index is -0.653. The van der Waals surface area contributed by atoms with Gasteiger partial charge in [0.05, 0.1) is 24.0 Å². The second-order valence-electron chi connectivity index (χ2n) is 7.71. The van der Waals surface area contributed by atoms with E-state index in [9.17, 15) is 18.8 Å². The molecule has 8 heteroatoms. The monoisotopic (exact) mass is 400 g/mol. The first-order valence-electron chi connectivity index (χ1n) is 9.57. The normalized spacial score (nSPS) is 19.4. The number of pyridine rings is 1. The topological polar surface area (TPSA) is 97.4 Å². The van der Waals surface area contributed by atoms with Gasteiger partial charge in [-0.2, -0.15) is 0 Å². The van der Waals surface area contributed by atoms with E-state index in [1.807, 2.05) is 0 Å². The van der Waals surface area contributed by atoms with Gasteiger partial charge in [0.2, 0.25) is 11.8 Å². The van der Waals surface area contributed by atoms with Gasteiger partial charge in [-0.25, -0.2) is 4.39 Å². The van der Waals surface area contributed by atoms with E-state index in [2.05, 4.69) is 19.2 Å². The molecule has 2 aromatic rings. The summed E-state index contributed by atoms with van der Waals surface area (Å²) in [5, 5.41) is 2.54. The summed E-state index contributed by atoms with van der Waals surface area (Å²) < 4.78 is 15.8. The van der Waals surface area contributed by atoms with Gasteiger partial charge < -0.3 is 11.1 Å². The molecule has 154 valence electrons. The molecule has 0 radical (unpaired) electrons. The molecule has 2 amide bonds. The van der Waals surface area contributed by atoms with E-state index >= 15 is 0 Å². The zero-order valence-electron chi connectivity index (χ0n) is 16.5. The van der Waals surface area contributed by atoms with Crippen LogP contribution in [0, 0.1) is 17.7 Å². The molecule has 0 saturated carbocycles. The summed E-state index contributed by atoms with van der Waals surface area (Å²) in [6.45, 7) is 4.69. The van der Waals surface area contributed by atoms with Crippen LogP contribution in [0.25, 0.3) is 5.69 Å². The second kappa shape index (κ2) is 8.57. The van der Waals surface area contributed by atoms with E-state index in [-0.39, 0.29) is 23.7 Å². The van der Waals surface area contributed by atoms with Crippen molar-refractivity contribution in [3.63, 3.8) is 0 Å². The van der Waals surface area contributed by atoms with Gasteiger partial charge >= 0.3 is 0 Å². The van der Waals surface area contributed by atoms with Gasteiger partial charge in [-0.3, -0.25) is 23.9 Å². The number of likely N-dealkylation sites (tertiary alicyclic amines) is 1. The van der Waals surface area contributed by atoms with Crippen LogP contribution in [0.15, 0.2) is 47.4 Å². The number of rotatable bonds is 6. The molecule has 1 aliphatic heterocycles. The summed E-state index contributed by atoms with van der Waals surface area (Å²) in [7, 11) is 0. The van der Waals surface area contributed by atoms with Gasteiger partial charge in [0.15, 0.2) is 0 Å². The molecular formula is C21H25FN4O3. The number of primary amides is 1. The molecule has 1 aliphatic rings. The Bertz CT molecular complexity index is 972. The molecule has 2 unspecified atom stereocenters. The standard InChI is InChI=1S/C21H25FN4O3/c1-13(2)14-9-18(21(23)29)25(11-14)12-19(27)24-17-7-6-15(10-16(17)22)26-8-4-3-5-20(26)28/h3-8,10,13-14,18H,9,11-12H2,1-2H3,(H2,23,29)(H,24,27). The number of hydrogen-bond acceptors (Lipinski definition) is 4. The molecule has 29 heavy (non-hydrogen) atoms. The molecule has 2 atom stereocenters. The van der Waals surface area contributed by atoms with Crippen molar-refractivity contribution in [3.05, 3.63) is 58.8 Å². The molecule has 2 heterocycles. The number of amides is 2. The smallest absolute Gasteiger partial charge is 0.255 e. The van der Waals surface area contributed by atoms with Crippen LogP contribution < -0.4 is 16.6 Å². The van der Waals surface area contributed by atoms with Gasteiger partial charge in [0.25, 0.3) is 5.56 Å². The van der Waals surface area contributed by atoms with Crippen LogP contribution in [-0.2, 0) is 9.59 Å². The van der Waals surface area contributed by atoms with Crippen LogP contribution in [0.5, 0.6) is 0 Å². The average molecular weight is 400 g/mol. The Morgan fingerprint density at radius 1 is 1.28 bits per heavy atom. The number of halogens is 1. The lowest BCUT2D eigenvalue weighted by atomic mass is 9.93. The van der Waals surface area contributed by atoms with Crippen molar-refractivity contribution in [1.29, 1.82) is 0 Å². The maximum absolute atomic E-state index is 14.5. The van der Waals surface area contributed by atoms with E-state index < -0.39 is 23.7 Å². The summed E-state index contributed by atoms with van der Waals surface area (Å²) in [4.78, 5) is 37.8. The van der Waals surface area contributed by atoms with E-state index in [4.69, 9.17) is 5.73 Å². The summed E-state index contributed by atoms with van der Waals surface area (Å²) >= 11 is 0. The number of benzene rings is 1. The van der Waals surface area contributed by atoms with Gasteiger partial charge in [0.1, 0.15) is 5.82 Å². The molecule has 3 N–H and O–H groups in total. The Kier molecular flexibility index (Phi) is 6.12. The molecule has 0 spiro atoms. The van der Waals surface area contributed by atoms with Crippen LogP contribution in [0.1, 0.15) is 20.3 Å². The fourth-order valence-electron chi connectivity index (χ4n) is 3.66. The fraction of sp³-hybridized carbons (Fsp3) is 0.381. The van der Waals surface area contributed by atoms with E-state index in [0.29, 0.717) is 24.6 Å². The van der Waals surface area contributed by atoms with E-state index in [1.165, 1.54) is 29.0 Å². The molecule has 3 rings (SSSR count). The first kappa shape index (κ1) is 20.7. The van der Waals surface area contributed by atoms with Crippen LogP contribution in [-0.4, -0.2) is 40.4 Å². The van der Waals surface area contributed by atoms with Gasteiger partial charge in [-0.15, -0.1) is 0 Å². The molecule has 1 saturated heterocycles. The number of carbonyl (C=O) groups excluding carboxylic acids is 2. The minimum Gasteiger partial charge on any atom is -0.368 e. The van der Waals surface area contributed by atoms with Crippen molar-refractivity contribution in [2.75, 3.05) is 18.4 Å². The number of nitrogens with one attached hydrogen (secondary N) is 1. The lowest BCUT2D eigenvalue weighted by molar-refractivity contribution is -0.123. The average Bonchev–Trinajstić information content (AvgIpc) is 3.08. The van der Waals surface area contributed by atoms with Crippen molar-refractivity contribution in [2.24, 2.45) is 17.6 Å². The Morgan fingerprint density at radius 3 is 2.66 bits per heavy atom. The molecule has 7 nitrogen and oxygen atoms in total. The van der Waals surface area contributed by atoms with Crippen molar-refractivity contribution in [1.82, 2.24) is 9.47 Å². The molecular weight excluding hydrogens is 375 g/mol. The highest BCUT2D eigenvalue weighted by Gasteiger charge is 2.37. The summed E-state index contributed by atoms with van der Waals surface area (Å²) in [5.41, 5.74) is 5.58. The Morgan fingerprint density at radius 2 is 2.03 bits per heavy atom. The summed E-state index contributed by atoms with van der Waals surface area (Å²) in [6.07, 6.45) is 2.16. The van der Waals surface area contributed by atoms with Crippen molar-refractivity contribution >= 4 is 17.5 Å². The summed E-state index contributed by atoms with van der Waals surface area (Å²) in [6, 6.07) is 8.31. The van der Waals surface area contributed by atoms with Crippen molar-refractivity contribution in [3.8, 4) is 5.69 Å². The number of aromatic nitrogens is 1. The van der Waals surface area contributed by atoms with E-state index in [1.54, 1.807) is 23.1 Å². The maximum Gasteiger partial charge on any atom is 0.255 e. The minimum absolute atomic E-state index is 0.0120. The van der Waals surface area contributed by atoms with Gasteiger partial charge in [-0.1, -0.05) is 19.9 Å². The van der Waals surface area contributed by atoms with Crippen LogP contribution >= 0.6 is 0 Å². The van der Waals surface area contributed by atoms with Crippen molar-refractivity contribution < 1.29 is 14.0 Å². The lowest BCUT2D eigenvalue weighted by Crippen LogP contribution is -2.44. The highest BCUT2D eigenvalue weighted by atomic mass is 19.1. The Labute approximate surface area is 168 Å². The number of nitrogens with zero attached hydrogens (tertiary/aromatic N) is 2. The maximum atomic E-state index is 14.5. The first-order chi connectivity index (χ1) is 13.8. The molecule has 0 aliphatic carbocycles. The zero-order chi connectivity index (χ0) is 21.1. The van der Waals surface area contributed by atoms with Gasteiger partial charge in [-0.05, 0) is 36.5 Å². The van der Waals surface area contributed by atoms with Crippen LogP contribution in [0.3, 0.4) is 0 Å². The van der Waals surface area contributed by atoms with Crippen LogP contribution in [0.4, 0.5) is 10.1 Å². The SMILES string of the molecule is CC(C)C1CC(C(N)=O)N(CC(=O)Nc2ccc(-n3ccccc3=O)cc2F)C1. The van der Waals surface area contributed by atoms with Gasteiger partial charge in [0, 0.05) is 24.9 Å². The predicted octanol–water partition coefficient (Wildman–Crippen LogP) is 1.75. The quantitative estimate of drug-likeness (QED) is 0.772. The molecule has 1 aromatic carbocycles. The third-order valence-electron chi connectivity index (χ3n) is 5.38. The highest BCUT2D eigenvalue weighted by molar-refractivity contribution is 5.93. The number of nitrogens with two attached hydrogens (primary N) is 1. The first-order valence-corrected chi connectivity index (χ1v) is 9.57. The third kappa shape index (κ3) is 4.71. The fourth-order valence-corrected chi connectivity index (χ4v) is 3.66. The van der Waals surface area contributed by atoms with Crippen molar-refractivity contribution in [2.45, 2.75) is 26.3 Å². The predicted molar refractivity (Wildman–Crippen MR) is 108 cm³/mol. The molecule has 1 fully saturated rings.